The summed E-state index contributed by atoms with van der Waals surface area (Å²) in [6.45, 7) is 0.513. The number of cyclic esters (lactones) is 1. The Kier molecular flexibility index (Phi) is 4.49. The van der Waals surface area contributed by atoms with E-state index in [-0.39, 0.29) is 25.1 Å². The average Bonchev–Trinajstić information content (AvgIpc) is 3.09. The highest BCUT2D eigenvalue weighted by atomic mass is 16.5. The third-order valence-electron chi connectivity index (χ3n) is 5.08. The SMILES string of the molecule is COc1cc2c(cc1OC)N(CCO)C1=C(C(=O)OC1)C2c1ccccc1. The fourth-order valence-electron chi connectivity index (χ4n) is 3.91. The number of methoxy groups -OCH3 is 2. The van der Waals surface area contributed by atoms with Crippen LogP contribution in [-0.4, -0.2) is 45.1 Å². The minimum atomic E-state index is -0.317. The molecule has 2 aliphatic heterocycles. The number of hydrogen-bond donors (Lipinski definition) is 1. The number of aliphatic hydroxyl groups excluding tert-OH is 1. The molecule has 0 bridgehead atoms. The predicted octanol–water partition coefficient (Wildman–Crippen LogP) is 2.46. The minimum Gasteiger partial charge on any atom is -0.493 e. The lowest BCUT2D eigenvalue weighted by Gasteiger charge is -2.36. The highest BCUT2D eigenvalue weighted by Gasteiger charge is 2.42. The summed E-state index contributed by atoms with van der Waals surface area (Å²) in [7, 11) is 3.18. The third kappa shape index (κ3) is 2.73. The van der Waals surface area contributed by atoms with Crippen LogP contribution in [0.2, 0.25) is 0 Å². The summed E-state index contributed by atoms with van der Waals surface area (Å²) >= 11 is 0. The van der Waals surface area contributed by atoms with Gasteiger partial charge in [0, 0.05) is 24.2 Å². The Balaban J connectivity index is 1.99. The van der Waals surface area contributed by atoms with Crippen LogP contribution in [0.3, 0.4) is 0 Å². The molecule has 2 aliphatic rings. The molecule has 0 saturated heterocycles. The van der Waals surface area contributed by atoms with Crippen molar-refractivity contribution in [1.29, 1.82) is 0 Å². The smallest absolute Gasteiger partial charge is 0.337 e. The maximum Gasteiger partial charge on any atom is 0.337 e. The van der Waals surface area contributed by atoms with Gasteiger partial charge in [-0.05, 0) is 17.2 Å². The maximum absolute atomic E-state index is 12.6. The number of aliphatic hydroxyl groups is 1. The number of β-amino-alcohol motifs (C(OH)–C–C–N with tert-alkyl or cyclic N) is 1. The van der Waals surface area contributed by atoms with Crippen molar-refractivity contribution in [3.8, 4) is 11.5 Å². The number of benzene rings is 2. The van der Waals surface area contributed by atoms with Crippen LogP contribution in [-0.2, 0) is 9.53 Å². The van der Waals surface area contributed by atoms with E-state index < -0.39 is 0 Å². The Hall–Kier alpha value is -2.99. The highest BCUT2D eigenvalue weighted by molar-refractivity contribution is 5.97. The van der Waals surface area contributed by atoms with Crippen molar-refractivity contribution in [2.45, 2.75) is 5.92 Å². The summed E-state index contributed by atoms with van der Waals surface area (Å²) < 4.78 is 16.3. The van der Waals surface area contributed by atoms with Gasteiger partial charge in [-0.15, -0.1) is 0 Å². The van der Waals surface area contributed by atoms with Gasteiger partial charge in [0.25, 0.3) is 0 Å². The van der Waals surface area contributed by atoms with Gasteiger partial charge in [-0.3, -0.25) is 0 Å². The molecule has 0 aliphatic carbocycles. The van der Waals surface area contributed by atoms with Gasteiger partial charge >= 0.3 is 5.97 Å². The second kappa shape index (κ2) is 6.96. The van der Waals surface area contributed by atoms with Crippen LogP contribution in [0.25, 0.3) is 0 Å². The molecule has 4 rings (SSSR count). The van der Waals surface area contributed by atoms with Crippen molar-refractivity contribution >= 4 is 11.7 Å². The van der Waals surface area contributed by atoms with E-state index in [4.69, 9.17) is 14.2 Å². The number of esters is 1. The fraction of sp³-hybridized carbons (Fsp3) is 0.286. The second-order valence-electron chi connectivity index (χ2n) is 6.42. The average molecular weight is 367 g/mol. The lowest BCUT2D eigenvalue weighted by molar-refractivity contribution is -0.136. The van der Waals surface area contributed by atoms with Crippen LogP contribution < -0.4 is 14.4 Å². The molecule has 2 heterocycles. The van der Waals surface area contributed by atoms with Crippen LogP contribution in [0, 0.1) is 0 Å². The summed E-state index contributed by atoms with van der Waals surface area (Å²) in [6.07, 6.45) is 0. The Morgan fingerprint density at radius 2 is 1.85 bits per heavy atom. The van der Waals surface area contributed by atoms with E-state index in [1.165, 1.54) is 0 Å². The zero-order valence-electron chi connectivity index (χ0n) is 15.3. The molecular weight excluding hydrogens is 346 g/mol. The molecule has 0 spiro atoms. The van der Waals surface area contributed by atoms with E-state index >= 15 is 0 Å². The number of nitrogens with zero attached hydrogens (tertiary/aromatic N) is 1. The fourth-order valence-corrected chi connectivity index (χ4v) is 3.91. The van der Waals surface area contributed by atoms with E-state index in [1.54, 1.807) is 14.2 Å². The van der Waals surface area contributed by atoms with Crippen LogP contribution >= 0.6 is 0 Å². The van der Waals surface area contributed by atoms with E-state index in [2.05, 4.69) is 0 Å². The van der Waals surface area contributed by atoms with Gasteiger partial charge in [0.1, 0.15) is 6.61 Å². The molecule has 1 unspecified atom stereocenters. The number of hydrogen-bond acceptors (Lipinski definition) is 6. The molecule has 0 fully saturated rings. The van der Waals surface area contributed by atoms with Gasteiger partial charge in [-0.25, -0.2) is 4.79 Å². The van der Waals surface area contributed by atoms with Crippen molar-refractivity contribution in [3.05, 3.63) is 64.9 Å². The number of ether oxygens (including phenoxy) is 3. The van der Waals surface area contributed by atoms with E-state index in [0.717, 1.165) is 22.5 Å². The first-order valence-corrected chi connectivity index (χ1v) is 8.79. The topological polar surface area (TPSA) is 68.2 Å². The largest absolute Gasteiger partial charge is 0.493 e. The van der Waals surface area contributed by atoms with Crippen molar-refractivity contribution in [2.24, 2.45) is 0 Å². The number of anilines is 1. The van der Waals surface area contributed by atoms with Crippen LogP contribution in [0.15, 0.2) is 53.7 Å². The lowest BCUT2D eigenvalue weighted by Crippen LogP contribution is -2.33. The molecule has 27 heavy (non-hydrogen) atoms. The first-order chi connectivity index (χ1) is 13.2. The quantitative estimate of drug-likeness (QED) is 0.819. The highest BCUT2D eigenvalue weighted by Crippen LogP contribution is 2.50. The van der Waals surface area contributed by atoms with E-state index in [9.17, 15) is 9.90 Å². The summed E-state index contributed by atoms with van der Waals surface area (Å²) in [5.41, 5.74) is 4.22. The minimum absolute atomic E-state index is 0.0469. The number of rotatable bonds is 5. The van der Waals surface area contributed by atoms with Crippen molar-refractivity contribution in [3.63, 3.8) is 0 Å². The van der Waals surface area contributed by atoms with Gasteiger partial charge in [0.05, 0.1) is 32.1 Å². The summed E-state index contributed by atoms with van der Waals surface area (Å²) in [5, 5.41) is 9.59. The lowest BCUT2D eigenvalue weighted by atomic mass is 9.80. The molecule has 1 atom stereocenters. The molecule has 2 aromatic carbocycles. The molecule has 6 heteroatoms. The predicted molar refractivity (Wildman–Crippen MR) is 100 cm³/mol. The van der Waals surface area contributed by atoms with Crippen molar-refractivity contribution < 1.29 is 24.1 Å². The number of carbonyl (C=O) groups is 1. The second-order valence-corrected chi connectivity index (χ2v) is 6.42. The third-order valence-corrected chi connectivity index (χ3v) is 5.08. The summed E-state index contributed by atoms with van der Waals surface area (Å²) in [5.74, 6) is 0.611. The molecule has 0 saturated carbocycles. The maximum atomic E-state index is 12.6. The van der Waals surface area contributed by atoms with Crippen molar-refractivity contribution in [1.82, 2.24) is 0 Å². The molecule has 6 nitrogen and oxygen atoms in total. The van der Waals surface area contributed by atoms with Gasteiger partial charge < -0.3 is 24.2 Å². The van der Waals surface area contributed by atoms with E-state index in [0.29, 0.717) is 23.6 Å². The van der Waals surface area contributed by atoms with Crippen LogP contribution in [0.1, 0.15) is 17.0 Å². The summed E-state index contributed by atoms with van der Waals surface area (Å²) in [6, 6.07) is 13.7. The molecule has 1 N–H and O–H groups in total. The zero-order valence-corrected chi connectivity index (χ0v) is 15.3. The Morgan fingerprint density at radius 1 is 1.15 bits per heavy atom. The van der Waals surface area contributed by atoms with Gasteiger partial charge in [0.15, 0.2) is 11.5 Å². The molecule has 0 aromatic heterocycles. The Bertz CT molecular complexity index is 906. The molecule has 0 amide bonds. The van der Waals surface area contributed by atoms with Gasteiger partial charge in [-0.1, -0.05) is 30.3 Å². The molecule has 2 aromatic rings. The van der Waals surface area contributed by atoms with Crippen LogP contribution in [0.5, 0.6) is 11.5 Å². The van der Waals surface area contributed by atoms with Gasteiger partial charge in [0.2, 0.25) is 0 Å². The molecule has 140 valence electrons. The standard InChI is InChI=1S/C21H21NO5/c1-25-17-10-14-15(11-18(17)26-2)22(8-9-23)16-12-27-21(24)20(16)19(14)13-6-4-3-5-7-13/h3-7,10-11,19,23H,8-9,12H2,1-2H3. The normalized spacial score (nSPS) is 18.1. The van der Waals surface area contributed by atoms with E-state index in [1.807, 2.05) is 47.4 Å². The number of carbonyl (C=O) groups excluding carboxylic acids is 1. The molecule has 0 radical (unpaired) electrons. The monoisotopic (exact) mass is 367 g/mol. The Labute approximate surface area is 157 Å². The zero-order chi connectivity index (χ0) is 19.0. The van der Waals surface area contributed by atoms with Crippen LogP contribution in [0.4, 0.5) is 5.69 Å². The Morgan fingerprint density at radius 3 is 2.52 bits per heavy atom. The summed E-state index contributed by atoms with van der Waals surface area (Å²) in [4.78, 5) is 14.5. The number of fused-ring (bicyclic) bond motifs is 1. The molecular formula is C21H21NO5. The van der Waals surface area contributed by atoms with Gasteiger partial charge in [-0.2, -0.15) is 0 Å². The first-order valence-electron chi connectivity index (χ1n) is 8.79. The van der Waals surface area contributed by atoms with Crippen molar-refractivity contribution in [2.75, 3.05) is 38.9 Å². The first kappa shape index (κ1) is 17.4.